The van der Waals surface area contributed by atoms with Gasteiger partial charge in [-0.25, -0.2) is 9.37 Å². The van der Waals surface area contributed by atoms with Crippen molar-refractivity contribution in [3.05, 3.63) is 89.5 Å². The molecule has 0 aliphatic carbocycles. The van der Waals surface area contributed by atoms with Gasteiger partial charge >= 0.3 is 0 Å². The molecule has 0 bridgehead atoms. The first-order chi connectivity index (χ1) is 19.5. The van der Waals surface area contributed by atoms with E-state index < -0.39 is 17.8 Å². The molecule has 204 valence electrons. The highest BCUT2D eigenvalue weighted by molar-refractivity contribution is 6.00. The first kappa shape index (κ1) is 25.6. The number of carbonyl (C=O) groups excluding carboxylic acids is 1. The van der Waals surface area contributed by atoms with E-state index in [9.17, 15) is 14.3 Å². The summed E-state index contributed by atoms with van der Waals surface area (Å²) in [6.07, 6.45) is 2.99. The van der Waals surface area contributed by atoms with Crippen LogP contribution in [0.1, 0.15) is 21.6 Å². The van der Waals surface area contributed by atoms with Crippen LogP contribution in [0, 0.1) is 5.82 Å². The Balaban J connectivity index is 1.41. The molecule has 6 rings (SSSR count). The van der Waals surface area contributed by atoms with Crippen LogP contribution in [0.25, 0.3) is 33.5 Å². The van der Waals surface area contributed by atoms with Gasteiger partial charge < -0.3 is 29.4 Å². The Morgan fingerprint density at radius 3 is 2.70 bits per heavy atom. The summed E-state index contributed by atoms with van der Waals surface area (Å²) in [6.45, 7) is 0.288. The molecule has 1 aliphatic rings. The largest absolute Gasteiger partial charge is 0.493 e. The molecule has 40 heavy (non-hydrogen) atoms. The highest BCUT2D eigenvalue weighted by atomic mass is 19.1. The molecule has 0 radical (unpaired) electrons. The van der Waals surface area contributed by atoms with Gasteiger partial charge in [0.2, 0.25) is 0 Å². The van der Waals surface area contributed by atoms with Crippen LogP contribution in [-0.4, -0.2) is 52.4 Å². The van der Waals surface area contributed by atoms with Crippen molar-refractivity contribution in [2.24, 2.45) is 0 Å². The molecular formula is C31H29FN4O4. The monoisotopic (exact) mass is 540 g/mol. The van der Waals surface area contributed by atoms with Gasteiger partial charge in [0.25, 0.3) is 5.91 Å². The summed E-state index contributed by atoms with van der Waals surface area (Å²) in [7, 11) is 3.16. The third-order valence-electron chi connectivity index (χ3n) is 7.43. The summed E-state index contributed by atoms with van der Waals surface area (Å²) in [5.74, 6) is 0.906. The third-order valence-corrected chi connectivity index (χ3v) is 7.43. The number of para-hydroxylation sites is 1. The number of amides is 1. The fraction of sp³-hybridized carbons (Fsp3) is 0.226. The molecule has 1 atom stereocenters. The van der Waals surface area contributed by atoms with E-state index >= 15 is 0 Å². The van der Waals surface area contributed by atoms with Gasteiger partial charge in [-0.05, 0) is 54.3 Å². The molecular weight excluding hydrogens is 511 g/mol. The number of nitrogens with zero attached hydrogens (tertiary/aromatic N) is 2. The lowest BCUT2D eigenvalue weighted by molar-refractivity contribution is 0.0912. The number of H-pyrrole nitrogens is 1. The molecule has 1 amide bonds. The van der Waals surface area contributed by atoms with Gasteiger partial charge in [0.15, 0.2) is 17.2 Å². The Kier molecular flexibility index (Phi) is 6.73. The van der Waals surface area contributed by atoms with Gasteiger partial charge in [-0.2, -0.15) is 0 Å². The van der Waals surface area contributed by atoms with E-state index in [4.69, 9.17) is 14.5 Å². The summed E-state index contributed by atoms with van der Waals surface area (Å²) >= 11 is 0. The SMILES string of the molecule is COc1cc2c(cc1OC)-c1nc(C(=O)NC(CO)Cc3c[nH]c4ccccc34)c(-c3cccc(F)c3)n1CC2. The van der Waals surface area contributed by atoms with Gasteiger partial charge in [-0.1, -0.05) is 30.3 Å². The number of halogens is 1. The molecule has 0 fully saturated rings. The summed E-state index contributed by atoms with van der Waals surface area (Å²) in [6, 6.07) is 17.3. The number of fused-ring (bicyclic) bond motifs is 4. The standard InChI is InChI=1S/C31H29FN4O4/c1-39-26-14-18-10-11-36-29(19-6-5-7-21(32)12-19)28(35-30(36)24(18)15-27(26)40-2)31(38)34-22(17-37)13-20-16-33-25-9-4-3-8-23(20)25/h3-9,12,14-16,22,33,37H,10-11,13,17H2,1-2H3,(H,34,38). The van der Waals surface area contributed by atoms with Crippen molar-refractivity contribution >= 4 is 16.8 Å². The van der Waals surface area contributed by atoms with Gasteiger partial charge in [-0.15, -0.1) is 0 Å². The molecule has 5 aromatic rings. The normalized spacial score (nSPS) is 13.0. The molecule has 3 N–H and O–H groups in total. The lowest BCUT2D eigenvalue weighted by Crippen LogP contribution is -2.39. The van der Waals surface area contributed by atoms with Crippen molar-refractivity contribution in [1.29, 1.82) is 0 Å². The fourth-order valence-electron chi connectivity index (χ4n) is 5.51. The van der Waals surface area contributed by atoms with Crippen LogP contribution in [0.15, 0.2) is 66.9 Å². The van der Waals surface area contributed by atoms with Crippen molar-refractivity contribution in [2.45, 2.75) is 25.4 Å². The quantitative estimate of drug-likeness (QED) is 0.264. The van der Waals surface area contributed by atoms with Gasteiger partial charge in [0, 0.05) is 34.8 Å². The predicted molar refractivity (Wildman–Crippen MR) is 150 cm³/mol. The number of nitrogens with one attached hydrogen (secondary N) is 2. The molecule has 3 heterocycles. The molecule has 1 aliphatic heterocycles. The summed E-state index contributed by atoms with van der Waals surface area (Å²) in [5.41, 5.74) is 5.04. The Morgan fingerprint density at radius 1 is 1.12 bits per heavy atom. The maximum atomic E-state index is 14.4. The van der Waals surface area contributed by atoms with Crippen molar-refractivity contribution in [3.8, 4) is 34.1 Å². The zero-order chi connectivity index (χ0) is 27.8. The van der Waals surface area contributed by atoms with E-state index in [1.165, 1.54) is 12.1 Å². The predicted octanol–water partition coefficient (Wildman–Crippen LogP) is 4.74. The number of imidazole rings is 1. The summed E-state index contributed by atoms with van der Waals surface area (Å²) < 4.78 is 27.3. The highest BCUT2D eigenvalue weighted by Crippen LogP contribution is 2.41. The molecule has 2 aromatic heterocycles. The zero-order valence-corrected chi connectivity index (χ0v) is 22.2. The van der Waals surface area contributed by atoms with E-state index in [1.807, 2.05) is 47.2 Å². The number of aryl methyl sites for hydroxylation is 1. The molecule has 8 nitrogen and oxygen atoms in total. The van der Waals surface area contributed by atoms with Gasteiger partial charge in [0.05, 0.1) is 32.6 Å². The average Bonchev–Trinajstić information content (AvgIpc) is 3.58. The Labute approximate surface area is 230 Å². The van der Waals surface area contributed by atoms with Crippen LogP contribution >= 0.6 is 0 Å². The number of aromatic amines is 1. The van der Waals surface area contributed by atoms with Crippen LogP contribution < -0.4 is 14.8 Å². The Hall–Kier alpha value is -4.63. The van der Waals surface area contributed by atoms with Crippen LogP contribution in [-0.2, 0) is 19.4 Å². The number of hydrogen-bond donors (Lipinski definition) is 3. The minimum atomic E-state index is -0.553. The van der Waals surface area contributed by atoms with E-state index in [2.05, 4.69) is 10.3 Å². The fourth-order valence-corrected chi connectivity index (χ4v) is 5.51. The smallest absolute Gasteiger partial charge is 0.272 e. The van der Waals surface area contributed by atoms with E-state index in [1.54, 1.807) is 26.4 Å². The van der Waals surface area contributed by atoms with Crippen LogP contribution in [0.2, 0.25) is 0 Å². The second-order valence-corrected chi connectivity index (χ2v) is 9.83. The van der Waals surface area contributed by atoms with Gasteiger partial charge in [-0.3, -0.25) is 4.79 Å². The number of aliphatic hydroxyl groups excluding tert-OH is 1. The van der Waals surface area contributed by atoms with Crippen LogP contribution in [0.5, 0.6) is 11.5 Å². The number of hydrogen-bond acceptors (Lipinski definition) is 5. The molecule has 3 aromatic carbocycles. The maximum Gasteiger partial charge on any atom is 0.272 e. The molecule has 0 saturated carbocycles. The molecule has 9 heteroatoms. The lowest BCUT2D eigenvalue weighted by Gasteiger charge is -2.22. The van der Waals surface area contributed by atoms with Crippen LogP contribution in [0.3, 0.4) is 0 Å². The molecule has 0 spiro atoms. The number of methoxy groups -OCH3 is 2. The van der Waals surface area contributed by atoms with Gasteiger partial charge in [0.1, 0.15) is 11.6 Å². The van der Waals surface area contributed by atoms with Crippen LogP contribution in [0.4, 0.5) is 4.39 Å². The number of rotatable bonds is 8. The number of aromatic nitrogens is 3. The average molecular weight is 541 g/mol. The van der Waals surface area contributed by atoms with Crippen molar-refractivity contribution in [3.63, 3.8) is 0 Å². The lowest BCUT2D eigenvalue weighted by atomic mass is 9.99. The van der Waals surface area contributed by atoms with E-state index in [0.717, 1.165) is 27.6 Å². The maximum absolute atomic E-state index is 14.4. The van der Waals surface area contributed by atoms with E-state index in [-0.39, 0.29) is 12.3 Å². The third kappa shape index (κ3) is 4.48. The summed E-state index contributed by atoms with van der Waals surface area (Å²) in [5, 5.41) is 14.2. The topological polar surface area (TPSA) is 101 Å². The van der Waals surface area contributed by atoms with Crippen molar-refractivity contribution in [1.82, 2.24) is 19.9 Å². The zero-order valence-electron chi connectivity index (χ0n) is 22.2. The minimum absolute atomic E-state index is 0.167. The second kappa shape index (κ2) is 10.5. The number of benzene rings is 3. The number of carbonyl (C=O) groups is 1. The first-order valence-electron chi connectivity index (χ1n) is 13.1. The first-order valence-corrected chi connectivity index (χ1v) is 13.1. The number of ether oxygens (including phenoxy) is 2. The second-order valence-electron chi connectivity index (χ2n) is 9.83. The van der Waals surface area contributed by atoms with E-state index in [0.29, 0.717) is 48.0 Å². The summed E-state index contributed by atoms with van der Waals surface area (Å²) in [4.78, 5) is 21.8. The molecule has 1 unspecified atom stereocenters. The highest BCUT2D eigenvalue weighted by Gasteiger charge is 2.30. The molecule has 0 saturated heterocycles. The number of aliphatic hydroxyl groups is 1. The minimum Gasteiger partial charge on any atom is -0.493 e. The van der Waals surface area contributed by atoms with Crippen molar-refractivity contribution in [2.75, 3.05) is 20.8 Å². The Bertz CT molecular complexity index is 1720. The van der Waals surface area contributed by atoms with Crippen molar-refractivity contribution < 1.29 is 23.8 Å². The Morgan fingerprint density at radius 2 is 1.93 bits per heavy atom.